The summed E-state index contributed by atoms with van der Waals surface area (Å²) in [6, 6.07) is 10.2. The highest BCUT2D eigenvalue weighted by Crippen LogP contribution is 2.31. The van der Waals surface area contributed by atoms with Crippen LogP contribution in [0.15, 0.2) is 36.5 Å². The van der Waals surface area contributed by atoms with Gasteiger partial charge in [-0.3, -0.25) is 9.78 Å². The molecule has 0 fully saturated rings. The number of benzene rings is 1. The van der Waals surface area contributed by atoms with Gasteiger partial charge in [0.2, 0.25) is 5.91 Å². The van der Waals surface area contributed by atoms with Crippen molar-refractivity contribution < 1.29 is 4.79 Å². The molecule has 1 N–H and O–H groups in total. The molecule has 0 bridgehead atoms. The van der Waals surface area contributed by atoms with Crippen LogP contribution in [0.5, 0.6) is 0 Å². The van der Waals surface area contributed by atoms with Crippen LogP contribution in [0.25, 0.3) is 0 Å². The van der Waals surface area contributed by atoms with Crippen LogP contribution in [0, 0.1) is 26.7 Å². The number of nitrogens with one attached hydrogen (secondary N) is 1. The molecule has 134 valence electrons. The quantitative estimate of drug-likeness (QED) is 0.718. The van der Waals surface area contributed by atoms with Crippen LogP contribution in [0.3, 0.4) is 0 Å². The fourth-order valence-electron chi connectivity index (χ4n) is 3.19. The van der Waals surface area contributed by atoms with E-state index in [1.54, 1.807) is 0 Å². The molecule has 3 heteroatoms. The molecule has 0 saturated carbocycles. The Morgan fingerprint density at radius 2 is 1.88 bits per heavy atom. The number of carbonyl (C=O) groups excluding carboxylic acids is 1. The fraction of sp³-hybridized carbons (Fsp3) is 0.455. The molecule has 0 saturated heterocycles. The molecule has 1 aromatic carbocycles. The lowest BCUT2D eigenvalue weighted by Gasteiger charge is -2.24. The smallest absolute Gasteiger partial charge is 0.227 e. The minimum Gasteiger partial charge on any atom is -0.326 e. The van der Waals surface area contributed by atoms with Crippen molar-refractivity contribution in [3.63, 3.8) is 0 Å². The van der Waals surface area contributed by atoms with Crippen molar-refractivity contribution in [3.05, 3.63) is 58.9 Å². The number of hydrogen-bond donors (Lipinski definition) is 1. The van der Waals surface area contributed by atoms with E-state index in [4.69, 9.17) is 0 Å². The molecule has 0 aliphatic heterocycles. The van der Waals surface area contributed by atoms with Crippen molar-refractivity contribution >= 4 is 11.6 Å². The summed E-state index contributed by atoms with van der Waals surface area (Å²) >= 11 is 0. The monoisotopic (exact) mass is 338 g/mol. The Hall–Kier alpha value is -2.16. The molecular formula is C22H30N2O. The Kier molecular flexibility index (Phi) is 6.74. The molecule has 1 unspecified atom stereocenters. The van der Waals surface area contributed by atoms with E-state index in [0.29, 0.717) is 0 Å². The Morgan fingerprint density at radius 3 is 2.52 bits per heavy atom. The third kappa shape index (κ3) is 5.15. The normalized spacial score (nSPS) is 13.3. The fourth-order valence-corrected chi connectivity index (χ4v) is 3.19. The van der Waals surface area contributed by atoms with Crippen molar-refractivity contribution in [2.24, 2.45) is 5.92 Å². The maximum atomic E-state index is 12.8. The van der Waals surface area contributed by atoms with E-state index in [9.17, 15) is 4.79 Å². The van der Waals surface area contributed by atoms with Crippen LogP contribution in [0.4, 0.5) is 5.69 Å². The van der Waals surface area contributed by atoms with Gasteiger partial charge < -0.3 is 5.32 Å². The maximum absolute atomic E-state index is 12.8. The summed E-state index contributed by atoms with van der Waals surface area (Å²) in [5, 5.41) is 3.10. The third-order valence-electron chi connectivity index (χ3n) is 5.01. The molecule has 1 heterocycles. The zero-order valence-electron chi connectivity index (χ0n) is 16.1. The van der Waals surface area contributed by atoms with Crippen LogP contribution < -0.4 is 5.32 Å². The van der Waals surface area contributed by atoms with Gasteiger partial charge in [0.05, 0.1) is 0 Å². The third-order valence-corrected chi connectivity index (χ3v) is 5.01. The molecule has 2 rings (SSSR count). The van der Waals surface area contributed by atoms with Crippen LogP contribution in [-0.4, -0.2) is 10.9 Å². The Morgan fingerprint density at radius 1 is 1.12 bits per heavy atom. The summed E-state index contributed by atoms with van der Waals surface area (Å²) in [5.74, 6) is 0.210. The van der Waals surface area contributed by atoms with Crippen LogP contribution in [-0.2, 0) is 4.79 Å². The first-order chi connectivity index (χ1) is 11.9. The molecule has 25 heavy (non-hydrogen) atoms. The van der Waals surface area contributed by atoms with Gasteiger partial charge in [0, 0.05) is 23.5 Å². The van der Waals surface area contributed by atoms with Crippen LogP contribution in [0.1, 0.15) is 61.4 Å². The van der Waals surface area contributed by atoms with Crippen molar-refractivity contribution in [2.45, 2.75) is 59.8 Å². The summed E-state index contributed by atoms with van der Waals surface area (Å²) < 4.78 is 0. The standard InChI is InChI=1S/C22H30N2O/c1-6-7-8-21(19-11-12-23-17(4)14-19)18(5)22(25)24-20-10-9-15(2)16(3)13-20/h9-14,18,21H,6-8H2,1-5H3,(H,24,25)/t18?,21-/m1/s1. The van der Waals surface area contributed by atoms with Crippen molar-refractivity contribution in [1.82, 2.24) is 4.98 Å². The van der Waals surface area contributed by atoms with Gasteiger partial charge in [0.25, 0.3) is 0 Å². The second kappa shape index (κ2) is 8.80. The van der Waals surface area contributed by atoms with E-state index in [-0.39, 0.29) is 17.7 Å². The number of aryl methyl sites for hydroxylation is 3. The SMILES string of the molecule is CCCC[C@@H](c1ccnc(C)c1)C(C)C(=O)Nc1ccc(C)c(C)c1. The average Bonchev–Trinajstić information content (AvgIpc) is 2.58. The van der Waals surface area contributed by atoms with Crippen molar-refractivity contribution in [2.75, 3.05) is 5.32 Å². The summed E-state index contributed by atoms with van der Waals surface area (Å²) in [7, 11) is 0. The summed E-state index contributed by atoms with van der Waals surface area (Å²) in [4.78, 5) is 17.1. The average molecular weight is 338 g/mol. The van der Waals surface area contributed by atoms with Gasteiger partial charge >= 0.3 is 0 Å². The molecule has 0 radical (unpaired) electrons. The molecule has 2 atom stereocenters. The lowest BCUT2D eigenvalue weighted by Crippen LogP contribution is -2.26. The molecule has 0 aliphatic carbocycles. The highest BCUT2D eigenvalue weighted by molar-refractivity contribution is 5.93. The van der Waals surface area contributed by atoms with Gasteiger partial charge in [-0.25, -0.2) is 0 Å². The molecule has 2 aromatic rings. The molecule has 0 aliphatic rings. The van der Waals surface area contributed by atoms with E-state index in [2.05, 4.69) is 43.2 Å². The number of hydrogen-bond acceptors (Lipinski definition) is 2. The van der Waals surface area contributed by atoms with Crippen molar-refractivity contribution in [3.8, 4) is 0 Å². The number of anilines is 1. The first kappa shape index (κ1) is 19.2. The molecule has 1 aromatic heterocycles. The minimum atomic E-state index is -0.0880. The highest BCUT2D eigenvalue weighted by Gasteiger charge is 2.25. The van der Waals surface area contributed by atoms with E-state index in [0.717, 1.165) is 30.6 Å². The maximum Gasteiger partial charge on any atom is 0.227 e. The van der Waals surface area contributed by atoms with Crippen LogP contribution in [0.2, 0.25) is 0 Å². The number of nitrogens with zero attached hydrogens (tertiary/aromatic N) is 1. The lowest BCUT2D eigenvalue weighted by molar-refractivity contribution is -0.120. The summed E-state index contributed by atoms with van der Waals surface area (Å²) in [5.41, 5.74) is 5.52. The Labute approximate surface area is 151 Å². The van der Waals surface area contributed by atoms with Crippen molar-refractivity contribution in [1.29, 1.82) is 0 Å². The van der Waals surface area contributed by atoms with Gasteiger partial charge in [0.15, 0.2) is 0 Å². The zero-order valence-corrected chi connectivity index (χ0v) is 16.1. The number of rotatable bonds is 7. The number of amides is 1. The second-order valence-corrected chi connectivity index (χ2v) is 7.06. The predicted molar refractivity (Wildman–Crippen MR) is 105 cm³/mol. The molecule has 0 spiro atoms. The number of carbonyl (C=O) groups is 1. The van der Waals surface area contributed by atoms with E-state index < -0.39 is 0 Å². The zero-order chi connectivity index (χ0) is 18.4. The largest absolute Gasteiger partial charge is 0.326 e. The van der Waals surface area contributed by atoms with E-state index in [1.165, 1.54) is 16.7 Å². The van der Waals surface area contributed by atoms with E-state index >= 15 is 0 Å². The second-order valence-electron chi connectivity index (χ2n) is 7.06. The van der Waals surface area contributed by atoms with Crippen LogP contribution >= 0.6 is 0 Å². The molecule has 3 nitrogen and oxygen atoms in total. The Bertz CT molecular complexity index is 724. The van der Waals surface area contributed by atoms with Gasteiger partial charge in [-0.15, -0.1) is 0 Å². The van der Waals surface area contributed by atoms with Gasteiger partial charge in [-0.1, -0.05) is 32.8 Å². The van der Waals surface area contributed by atoms with Gasteiger partial charge in [-0.05, 0) is 74.1 Å². The predicted octanol–water partition coefficient (Wildman–Crippen LogP) is 5.56. The number of aromatic nitrogens is 1. The first-order valence-electron chi connectivity index (χ1n) is 9.23. The lowest BCUT2D eigenvalue weighted by atomic mass is 9.83. The number of pyridine rings is 1. The van der Waals surface area contributed by atoms with Gasteiger partial charge in [-0.2, -0.15) is 0 Å². The van der Waals surface area contributed by atoms with E-state index in [1.807, 2.05) is 38.2 Å². The topological polar surface area (TPSA) is 42.0 Å². The molecular weight excluding hydrogens is 308 g/mol. The minimum absolute atomic E-state index is 0.0822. The summed E-state index contributed by atoms with van der Waals surface area (Å²) in [6.07, 6.45) is 5.11. The first-order valence-corrected chi connectivity index (χ1v) is 9.23. The highest BCUT2D eigenvalue weighted by atomic mass is 16.1. The Balaban J connectivity index is 2.18. The molecule has 1 amide bonds. The van der Waals surface area contributed by atoms with Gasteiger partial charge in [0.1, 0.15) is 0 Å². The summed E-state index contributed by atoms with van der Waals surface area (Å²) in [6.45, 7) is 10.4. The number of unbranched alkanes of at least 4 members (excludes halogenated alkanes) is 1.